The number of nitrogens with zero attached hydrogens (tertiary/aromatic N) is 2. The van der Waals surface area contributed by atoms with Gasteiger partial charge in [0.1, 0.15) is 5.82 Å². The highest BCUT2D eigenvalue weighted by molar-refractivity contribution is 7.22. The summed E-state index contributed by atoms with van der Waals surface area (Å²) in [6.07, 6.45) is 4.00. The number of fused-ring (bicyclic) bond motifs is 1. The molecule has 1 saturated carbocycles. The molecule has 1 unspecified atom stereocenters. The molecule has 5 rings (SSSR count). The molecule has 1 aliphatic carbocycles. The zero-order valence-corrected chi connectivity index (χ0v) is 17.1. The Labute approximate surface area is 173 Å². The van der Waals surface area contributed by atoms with Crippen molar-refractivity contribution in [3.63, 3.8) is 0 Å². The van der Waals surface area contributed by atoms with Gasteiger partial charge in [0.15, 0.2) is 5.13 Å². The van der Waals surface area contributed by atoms with E-state index in [0.29, 0.717) is 6.54 Å². The zero-order chi connectivity index (χ0) is 19.8. The van der Waals surface area contributed by atoms with E-state index in [-0.39, 0.29) is 23.1 Å². The Bertz CT molecular complexity index is 995. The molecule has 2 fully saturated rings. The van der Waals surface area contributed by atoms with E-state index >= 15 is 0 Å². The molecule has 29 heavy (non-hydrogen) atoms. The molecule has 1 saturated heterocycles. The smallest absolute Gasteiger partial charge is 0.224 e. The summed E-state index contributed by atoms with van der Waals surface area (Å²) in [5.74, 6) is -0.102. The van der Waals surface area contributed by atoms with E-state index in [0.717, 1.165) is 55.0 Å². The van der Waals surface area contributed by atoms with Crippen LogP contribution in [0.2, 0.25) is 0 Å². The number of halogens is 1. The molecule has 1 amide bonds. The van der Waals surface area contributed by atoms with Crippen LogP contribution in [0, 0.1) is 11.7 Å². The molecule has 1 N–H and O–H groups in total. The van der Waals surface area contributed by atoms with Crippen molar-refractivity contribution in [1.82, 2.24) is 10.3 Å². The van der Waals surface area contributed by atoms with Crippen LogP contribution in [0.1, 0.15) is 31.2 Å². The maximum absolute atomic E-state index is 13.2. The number of hydrogen-bond acceptors (Lipinski definition) is 4. The third kappa shape index (κ3) is 3.73. The first-order valence-corrected chi connectivity index (χ1v) is 11.1. The predicted molar refractivity (Wildman–Crippen MR) is 115 cm³/mol. The number of carbonyl (C=O) groups excluding carboxylic acids is 1. The maximum Gasteiger partial charge on any atom is 0.224 e. The van der Waals surface area contributed by atoms with Gasteiger partial charge in [-0.1, -0.05) is 35.6 Å². The van der Waals surface area contributed by atoms with Crippen LogP contribution in [0.15, 0.2) is 48.5 Å². The van der Waals surface area contributed by atoms with Crippen LogP contribution in [0.5, 0.6) is 0 Å². The van der Waals surface area contributed by atoms with Gasteiger partial charge in [-0.15, -0.1) is 0 Å². The minimum absolute atomic E-state index is 0.00918. The van der Waals surface area contributed by atoms with Gasteiger partial charge in [-0.3, -0.25) is 4.79 Å². The summed E-state index contributed by atoms with van der Waals surface area (Å²) in [5, 5.41) is 4.20. The summed E-state index contributed by atoms with van der Waals surface area (Å²) < 4.78 is 14.4. The first kappa shape index (κ1) is 18.6. The standard InChI is InChI=1S/C23H24FN3OS/c24-18-9-7-17(8-10-18)23(11-12-23)15-25-21(28)16-4-3-13-27(14-16)22-26-19-5-1-2-6-20(19)29-22/h1-2,5-10,16H,3-4,11-15H2,(H,25,28). The van der Waals surface area contributed by atoms with Gasteiger partial charge in [-0.25, -0.2) is 9.37 Å². The fourth-order valence-corrected chi connectivity index (χ4v) is 5.28. The van der Waals surface area contributed by atoms with Gasteiger partial charge in [0.2, 0.25) is 5.91 Å². The highest BCUT2D eigenvalue weighted by Gasteiger charge is 2.44. The third-order valence-electron chi connectivity index (χ3n) is 6.26. The average molecular weight is 410 g/mol. The number of para-hydroxylation sites is 1. The monoisotopic (exact) mass is 409 g/mol. The van der Waals surface area contributed by atoms with Crippen molar-refractivity contribution in [2.45, 2.75) is 31.1 Å². The number of nitrogens with one attached hydrogen (secondary N) is 1. The number of benzene rings is 2. The van der Waals surface area contributed by atoms with Gasteiger partial charge in [0, 0.05) is 25.0 Å². The van der Waals surface area contributed by atoms with Crippen LogP contribution in [0.4, 0.5) is 9.52 Å². The third-order valence-corrected chi connectivity index (χ3v) is 7.35. The van der Waals surface area contributed by atoms with E-state index in [1.807, 2.05) is 30.3 Å². The van der Waals surface area contributed by atoms with Crippen LogP contribution < -0.4 is 10.2 Å². The topological polar surface area (TPSA) is 45.2 Å². The molecule has 0 bridgehead atoms. The summed E-state index contributed by atoms with van der Waals surface area (Å²) in [6, 6.07) is 14.9. The lowest BCUT2D eigenvalue weighted by atomic mass is 9.94. The minimum Gasteiger partial charge on any atom is -0.355 e. The molecule has 1 aromatic heterocycles. The van der Waals surface area contributed by atoms with Gasteiger partial charge in [-0.05, 0) is 55.5 Å². The molecule has 1 atom stereocenters. The van der Waals surface area contributed by atoms with Crippen LogP contribution in [0.3, 0.4) is 0 Å². The molecule has 2 aromatic carbocycles. The van der Waals surface area contributed by atoms with Crippen molar-refractivity contribution < 1.29 is 9.18 Å². The summed E-state index contributed by atoms with van der Waals surface area (Å²) in [7, 11) is 0. The number of anilines is 1. The first-order chi connectivity index (χ1) is 14.1. The lowest BCUT2D eigenvalue weighted by Gasteiger charge is -2.32. The Morgan fingerprint density at radius 2 is 2.00 bits per heavy atom. The van der Waals surface area contributed by atoms with E-state index in [4.69, 9.17) is 4.98 Å². The van der Waals surface area contributed by atoms with Crippen LogP contribution >= 0.6 is 11.3 Å². The number of thiazole rings is 1. The SMILES string of the molecule is O=C(NCC1(c2ccc(F)cc2)CC1)C1CCCN(c2nc3ccccc3s2)C1. The highest BCUT2D eigenvalue weighted by Crippen LogP contribution is 2.47. The second-order valence-corrected chi connectivity index (χ2v) is 9.26. The number of piperidine rings is 1. The number of aromatic nitrogens is 1. The van der Waals surface area contributed by atoms with Gasteiger partial charge in [0.05, 0.1) is 16.1 Å². The Morgan fingerprint density at radius 1 is 1.21 bits per heavy atom. The molecular formula is C23H24FN3OS. The lowest BCUT2D eigenvalue weighted by molar-refractivity contribution is -0.125. The predicted octanol–water partition coefficient (Wildman–Crippen LogP) is 4.50. The van der Waals surface area contributed by atoms with Crippen molar-refractivity contribution in [2.75, 3.05) is 24.5 Å². The zero-order valence-electron chi connectivity index (χ0n) is 16.2. The van der Waals surface area contributed by atoms with Crippen molar-refractivity contribution in [1.29, 1.82) is 0 Å². The Kier molecular flexibility index (Phi) is 4.74. The molecule has 2 aliphatic rings. The number of carbonyl (C=O) groups is 1. The van der Waals surface area contributed by atoms with Gasteiger partial charge >= 0.3 is 0 Å². The highest BCUT2D eigenvalue weighted by atomic mass is 32.1. The molecule has 4 nitrogen and oxygen atoms in total. The Hall–Kier alpha value is -2.47. The molecule has 3 aromatic rings. The normalized spacial score (nSPS) is 20.6. The quantitative estimate of drug-likeness (QED) is 0.675. The van der Waals surface area contributed by atoms with Gasteiger partial charge in [0.25, 0.3) is 0 Å². The van der Waals surface area contributed by atoms with Gasteiger partial charge < -0.3 is 10.2 Å². The average Bonchev–Trinajstić information content (AvgIpc) is 3.42. The fraction of sp³-hybridized carbons (Fsp3) is 0.391. The van der Waals surface area contributed by atoms with E-state index < -0.39 is 0 Å². The maximum atomic E-state index is 13.2. The minimum atomic E-state index is -0.217. The fourth-order valence-electron chi connectivity index (χ4n) is 4.28. The summed E-state index contributed by atoms with van der Waals surface area (Å²) in [5.41, 5.74) is 2.14. The van der Waals surface area contributed by atoms with E-state index in [1.54, 1.807) is 11.3 Å². The molecule has 0 radical (unpaired) electrons. The van der Waals surface area contributed by atoms with Crippen molar-refractivity contribution >= 4 is 32.6 Å². The Balaban J connectivity index is 1.22. The number of hydrogen-bond donors (Lipinski definition) is 1. The van der Waals surface area contributed by atoms with E-state index in [2.05, 4.69) is 16.3 Å². The lowest BCUT2D eigenvalue weighted by Crippen LogP contribution is -2.44. The number of amides is 1. The van der Waals surface area contributed by atoms with Crippen molar-refractivity contribution in [3.05, 3.63) is 59.9 Å². The number of rotatable bonds is 5. The van der Waals surface area contributed by atoms with Crippen molar-refractivity contribution in [3.8, 4) is 0 Å². The largest absolute Gasteiger partial charge is 0.355 e. The second-order valence-electron chi connectivity index (χ2n) is 8.25. The van der Waals surface area contributed by atoms with E-state index in [1.165, 1.54) is 16.8 Å². The van der Waals surface area contributed by atoms with Crippen molar-refractivity contribution in [2.24, 2.45) is 5.92 Å². The molecule has 6 heteroatoms. The molecule has 0 spiro atoms. The summed E-state index contributed by atoms with van der Waals surface area (Å²) >= 11 is 1.70. The van der Waals surface area contributed by atoms with Gasteiger partial charge in [-0.2, -0.15) is 0 Å². The molecule has 2 heterocycles. The summed E-state index contributed by atoms with van der Waals surface area (Å²) in [4.78, 5) is 19.9. The molecule has 150 valence electrons. The van der Waals surface area contributed by atoms with Crippen LogP contribution in [-0.2, 0) is 10.2 Å². The van der Waals surface area contributed by atoms with E-state index in [9.17, 15) is 9.18 Å². The van der Waals surface area contributed by atoms with Crippen LogP contribution in [0.25, 0.3) is 10.2 Å². The molecular weight excluding hydrogens is 385 g/mol. The Morgan fingerprint density at radius 3 is 2.76 bits per heavy atom. The summed E-state index contributed by atoms with van der Waals surface area (Å²) in [6.45, 7) is 2.30. The van der Waals surface area contributed by atoms with Crippen LogP contribution in [-0.4, -0.2) is 30.5 Å². The molecule has 1 aliphatic heterocycles. The first-order valence-electron chi connectivity index (χ1n) is 10.3. The second kappa shape index (κ2) is 7.41.